The summed E-state index contributed by atoms with van der Waals surface area (Å²) in [5.41, 5.74) is 1.07. The molecule has 0 fully saturated rings. The molecule has 0 amide bonds. The van der Waals surface area contributed by atoms with Crippen molar-refractivity contribution in [3.05, 3.63) is 65.2 Å². The number of aliphatic hydroxyl groups is 1. The van der Waals surface area contributed by atoms with Crippen molar-refractivity contribution in [3.8, 4) is 5.75 Å². The van der Waals surface area contributed by atoms with Crippen LogP contribution < -0.4 is 4.74 Å². The predicted molar refractivity (Wildman–Crippen MR) is 72.6 cm³/mol. The molecule has 2 rings (SSSR count). The second-order valence-electron chi connectivity index (χ2n) is 4.50. The third-order valence-electron chi connectivity index (χ3n) is 2.91. The Bertz CT molecular complexity index is 564. The van der Waals surface area contributed by atoms with Crippen LogP contribution >= 0.6 is 0 Å². The van der Waals surface area contributed by atoms with Gasteiger partial charge in [0.2, 0.25) is 0 Å². The molecule has 0 aliphatic carbocycles. The van der Waals surface area contributed by atoms with Crippen LogP contribution in [0.1, 0.15) is 24.2 Å². The van der Waals surface area contributed by atoms with Gasteiger partial charge >= 0.3 is 0 Å². The Morgan fingerprint density at radius 3 is 2.45 bits per heavy atom. The number of ether oxygens (including phenoxy) is 1. The fraction of sp³-hybridized carbons (Fsp3) is 0.250. The van der Waals surface area contributed by atoms with Gasteiger partial charge in [0.05, 0.1) is 12.7 Å². The van der Waals surface area contributed by atoms with Crippen molar-refractivity contribution in [1.29, 1.82) is 0 Å². The number of halogens is 2. The molecule has 4 heteroatoms. The van der Waals surface area contributed by atoms with Gasteiger partial charge in [0.15, 0.2) is 0 Å². The molecule has 0 aliphatic heterocycles. The molecule has 0 spiro atoms. The Kier molecular flexibility index (Phi) is 4.69. The van der Waals surface area contributed by atoms with Crippen LogP contribution in [0, 0.1) is 11.6 Å². The molecule has 0 aliphatic rings. The van der Waals surface area contributed by atoms with Gasteiger partial charge < -0.3 is 9.84 Å². The van der Waals surface area contributed by atoms with Crippen molar-refractivity contribution in [2.24, 2.45) is 0 Å². The van der Waals surface area contributed by atoms with Crippen LogP contribution in [0.3, 0.4) is 0 Å². The summed E-state index contributed by atoms with van der Waals surface area (Å²) in [6.07, 6.45) is -0.693. The summed E-state index contributed by atoms with van der Waals surface area (Å²) < 4.78 is 31.6. The summed E-state index contributed by atoms with van der Waals surface area (Å²) in [5.74, 6) is -0.625. The van der Waals surface area contributed by atoms with Crippen LogP contribution in [0.5, 0.6) is 5.75 Å². The van der Waals surface area contributed by atoms with Crippen LogP contribution in [0.2, 0.25) is 0 Å². The Morgan fingerprint density at radius 1 is 1.10 bits per heavy atom. The maximum atomic E-state index is 13.1. The number of hydrogen-bond donors (Lipinski definition) is 1. The lowest BCUT2D eigenvalue weighted by Crippen LogP contribution is -2.03. The van der Waals surface area contributed by atoms with Gasteiger partial charge in [-0.15, -0.1) is 0 Å². The average molecular weight is 278 g/mol. The predicted octanol–water partition coefficient (Wildman–Crippen LogP) is 3.64. The third-order valence-corrected chi connectivity index (χ3v) is 2.91. The summed E-state index contributed by atoms with van der Waals surface area (Å²) in [5, 5.41) is 10.1. The average Bonchev–Trinajstić information content (AvgIpc) is 2.38. The monoisotopic (exact) mass is 278 g/mol. The van der Waals surface area contributed by atoms with E-state index < -0.39 is 17.7 Å². The molecular formula is C16H16F2O2. The van der Waals surface area contributed by atoms with E-state index in [0.29, 0.717) is 23.5 Å². The van der Waals surface area contributed by atoms with Gasteiger partial charge in [0.25, 0.3) is 0 Å². The van der Waals surface area contributed by atoms with E-state index in [9.17, 15) is 13.9 Å². The topological polar surface area (TPSA) is 29.5 Å². The molecule has 1 atom stereocenters. The minimum Gasteiger partial charge on any atom is -0.494 e. The smallest absolute Gasteiger partial charge is 0.126 e. The van der Waals surface area contributed by atoms with Gasteiger partial charge in [-0.3, -0.25) is 0 Å². The minimum atomic E-state index is -0.836. The number of hydrogen-bond acceptors (Lipinski definition) is 2. The molecule has 0 bridgehead atoms. The number of aliphatic hydroxyl groups excluding tert-OH is 1. The lowest BCUT2D eigenvalue weighted by Gasteiger charge is -2.13. The Balaban J connectivity index is 2.14. The first kappa shape index (κ1) is 14.5. The first-order chi connectivity index (χ1) is 9.58. The fourth-order valence-electron chi connectivity index (χ4n) is 2.05. The lowest BCUT2D eigenvalue weighted by molar-refractivity contribution is 0.177. The summed E-state index contributed by atoms with van der Waals surface area (Å²) in [7, 11) is 0. The molecular weight excluding hydrogens is 262 g/mol. The second-order valence-corrected chi connectivity index (χ2v) is 4.50. The first-order valence-corrected chi connectivity index (χ1v) is 6.44. The lowest BCUT2D eigenvalue weighted by atomic mass is 10.0. The number of rotatable bonds is 5. The molecule has 2 nitrogen and oxygen atoms in total. The molecule has 2 aromatic carbocycles. The van der Waals surface area contributed by atoms with E-state index in [1.165, 1.54) is 12.1 Å². The van der Waals surface area contributed by atoms with Crippen molar-refractivity contribution in [2.75, 3.05) is 6.61 Å². The zero-order valence-corrected chi connectivity index (χ0v) is 11.1. The van der Waals surface area contributed by atoms with Crippen LogP contribution in [0.25, 0.3) is 0 Å². The van der Waals surface area contributed by atoms with E-state index in [0.717, 1.165) is 6.07 Å². The van der Waals surface area contributed by atoms with Gasteiger partial charge in [0, 0.05) is 12.5 Å². The Hall–Kier alpha value is -1.94. The highest BCUT2D eigenvalue weighted by Gasteiger charge is 2.11. The van der Waals surface area contributed by atoms with E-state index in [2.05, 4.69) is 0 Å². The maximum Gasteiger partial charge on any atom is 0.126 e. The normalized spacial score (nSPS) is 12.2. The van der Waals surface area contributed by atoms with E-state index in [4.69, 9.17) is 4.74 Å². The Morgan fingerprint density at radius 2 is 1.80 bits per heavy atom. The van der Waals surface area contributed by atoms with Crippen molar-refractivity contribution in [2.45, 2.75) is 19.4 Å². The van der Waals surface area contributed by atoms with Crippen molar-refractivity contribution < 1.29 is 18.6 Å². The highest BCUT2D eigenvalue weighted by atomic mass is 19.1. The summed E-state index contributed by atoms with van der Waals surface area (Å²) in [4.78, 5) is 0. The van der Waals surface area contributed by atoms with Gasteiger partial charge in [0.1, 0.15) is 17.4 Å². The largest absolute Gasteiger partial charge is 0.494 e. The molecule has 1 N–H and O–H groups in total. The van der Waals surface area contributed by atoms with Crippen LogP contribution in [-0.2, 0) is 6.42 Å². The Labute approximate surface area is 116 Å². The van der Waals surface area contributed by atoms with Crippen LogP contribution in [-0.4, -0.2) is 11.7 Å². The van der Waals surface area contributed by atoms with E-state index in [-0.39, 0.29) is 6.42 Å². The van der Waals surface area contributed by atoms with Gasteiger partial charge in [-0.1, -0.05) is 12.1 Å². The van der Waals surface area contributed by atoms with Crippen molar-refractivity contribution >= 4 is 0 Å². The second kappa shape index (κ2) is 6.48. The van der Waals surface area contributed by atoms with E-state index in [1.807, 2.05) is 6.92 Å². The van der Waals surface area contributed by atoms with Gasteiger partial charge in [-0.25, -0.2) is 8.78 Å². The summed E-state index contributed by atoms with van der Waals surface area (Å²) in [6, 6.07) is 10.3. The highest BCUT2D eigenvalue weighted by molar-refractivity contribution is 5.31. The number of benzene rings is 2. The molecule has 0 radical (unpaired) electrons. The zero-order valence-electron chi connectivity index (χ0n) is 11.1. The molecule has 0 heterocycles. The minimum absolute atomic E-state index is 0.143. The van der Waals surface area contributed by atoms with Crippen molar-refractivity contribution in [3.63, 3.8) is 0 Å². The molecule has 2 aromatic rings. The van der Waals surface area contributed by atoms with E-state index >= 15 is 0 Å². The molecule has 20 heavy (non-hydrogen) atoms. The molecule has 106 valence electrons. The standard InChI is InChI=1S/C16H16F2O2/c1-2-20-15-5-3-4-12(9-15)16(19)8-11-6-13(17)10-14(18)7-11/h3-7,9-10,16,19H,2,8H2,1H3. The quantitative estimate of drug-likeness (QED) is 0.904. The molecule has 0 saturated heterocycles. The van der Waals surface area contributed by atoms with Crippen molar-refractivity contribution in [1.82, 2.24) is 0 Å². The van der Waals surface area contributed by atoms with Crippen LogP contribution in [0.15, 0.2) is 42.5 Å². The molecule has 1 unspecified atom stereocenters. The van der Waals surface area contributed by atoms with Crippen LogP contribution in [0.4, 0.5) is 8.78 Å². The van der Waals surface area contributed by atoms with Gasteiger partial charge in [-0.2, -0.15) is 0 Å². The maximum absolute atomic E-state index is 13.1. The fourth-order valence-corrected chi connectivity index (χ4v) is 2.05. The summed E-state index contributed by atoms with van der Waals surface area (Å²) in [6.45, 7) is 2.41. The molecule has 0 saturated carbocycles. The SMILES string of the molecule is CCOc1cccc(C(O)Cc2cc(F)cc(F)c2)c1. The molecule has 0 aromatic heterocycles. The highest BCUT2D eigenvalue weighted by Crippen LogP contribution is 2.23. The zero-order chi connectivity index (χ0) is 14.5. The third kappa shape index (κ3) is 3.78. The van der Waals surface area contributed by atoms with Gasteiger partial charge in [-0.05, 0) is 42.3 Å². The summed E-state index contributed by atoms with van der Waals surface area (Å²) >= 11 is 0. The van der Waals surface area contributed by atoms with E-state index in [1.54, 1.807) is 24.3 Å². The first-order valence-electron chi connectivity index (χ1n) is 6.44.